The lowest BCUT2D eigenvalue weighted by Crippen LogP contribution is -2.17. The highest BCUT2D eigenvalue weighted by Crippen LogP contribution is 2.23. The average molecular weight is 292 g/mol. The van der Waals surface area contributed by atoms with Crippen LogP contribution >= 0.6 is 0 Å². The molecule has 1 aromatic carbocycles. The Morgan fingerprint density at radius 1 is 1.15 bits per heavy atom. The van der Waals surface area contributed by atoms with Crippen LogP contribution in [0.5, 0.6) is 5.75 Å². The molecule has 1 rings (SSSR count). The molecule has 6 heteroatoms. The van der Waals surface area contributed by atoms with Crippen LogP contribution < -0.4 is 4.74 Å². The smallest absolute Gasteiger partial charge is 0.406 e. The molecule has 0 aliphatic heterocycles. The lowest BCUT2D eigenvalue weighted by atomic mass is 10.0. The highest BCUT2D eigenvalue weighted by molar-refractivity contribution is 5.27. The third-order valence-corrected chi connectivity index (χ3v) is 2.94. The van der Waals surface area contributed by atoms with Gasteiger partial charge in [0.05, 0.1) is 12.2 Å². The maximum Gasteiger partial charge on any atom is 0.573 e. The van der Waals surface area contributed by atoms with Crippen molar-refractivity contribution in [2.45, 2.75) is 44.8 Å². The van der Waals surface area contributed by atoms with Crippen LogP contribution in [0.4, 0.5) is 13.2 Å². The Labute approximate surface area is 116 Å². The lowest BCUT2D eigenvalue weighted by molar-refractivity contribution is -0.274. The summed E-state index contributed by atoms with van der Waals surface area (Å²) in [6.45, 7) is 1.91. The fraction of sp³-hybridized carbons (Fsp3) is 0.571. The Kier molecular flexibility index (Phi) is 6.29. The molecule has 2 unspecified atom stereocenters. The van der Waals surface area contributed by atoms with Crippen molar-refractivity contribution in [3.63, 3.8) is 0 Å². The second kappa shape index (κ2) is 7.50. The summed E-state index contributed by atoms with van der Waals surface area (Å²) >= 11 is 0. The Morgan fingerprint density at radius 2 is 1.75 bits per heavy atom. The number of aliphatic hydroxyl groups is 1. The molecule has 2 atom stereocenters. The van der Waals surface area contributed by atoms with Gasteiger partial charge in [-0.25, -0.2) is 0 Å². The first-order valence-corrected chi connectivity index (χ1v) is 6.35. The number of hydrogen-bond acceptors (Lipinski definition) is 3. The van der Waals surface area contributed by atoms with Crippen molar-refractivity contribution in [1.29, 1.82) is 0 Å². The van der Waals surface area contributed by atoms with Gasteiger partial charge in [-0.15, -0.1) is 13.2 Å². The van der Waals surface area contributed by atoms with Gasteiger partial charge in [0.1, 0.15) is 5.75 Å². The summed E-state index contributed by atoms with van der Waals surface area (Å²) in [4.78, 5) is 0. The van der Waals surface area contributed by atoms with E-state index < -0.39 is 12.5 Å². The lowest BCUT2D eigenvalue weighted by Gasteiger charge is -2.14. The highest BCUT2D eigenvalue weighted by Gasteiger charge is 2.30. The normalized spacial score (nSPS) is 14.9. The van der Waals surface area contributed by atoms with Gasteiger partial charge in [-0.2, -0.15) is 0 Å². The van der Waals surface area contributed by atoms with Crippen molar-refractivity contribution in [1.82, 2.24) is 0 Å². The van der Waals surface area contributed by atoms with E-state index in [1.54, 1.807) is 7.11 Å². The third kappa shape index (κ3) is 6.77. The van der Waals surface area contributed by atoms with Crippen LogP contribution in [0.1, 0.15) is 25.3 Å². The van der Waals surface area contributed by atoms with Crippen molar-refractivity contribution in [3.8, 4) is 5.75 Å². The monoisotopic (exact) mass is 292 g/mol. The third-order valence-electron chi connectivity index (χ3n) is 2.94. The van der Waals surface area contributed by atoms with E-state index in [9.17, 15) is 18.3 Å². The Hall–Kier alpha value is -1.27. The molecule has 0 radical (unpaired) electrons. The van der Waals surface area contributed by atoms with Crippen molar-refractivity contribution >= 4 is 0 Å². The number of rotatable bonds is 7. The van der Waals surface area contributed by atoms with Crippen LogP contribution in [0, 0.1) is 0 Å². The van der Waals surface area contributed by atoms with Crippen LogP contribution in [0.3, 0.4) is 0 Å². The molecule has 0 aliphatic rings. The van der Waals surface area contributed by atoms with Crippen LogP contribution in [0.2, 0.25) is 0 Å². The van der Waals surface area contributed by atoms with E-state index in [0.717, 1.165) is 12.0 Å². The fourth-order valence-corrected chi connectivity index (χ4v) is 1.75. The molecule has 1 aromatic rings. The number of ether oxygens (including phenoxy) is 2. The van der Waals surface area contributed by atoms with Crippen LogP contribution in [0.25, 0.3) is 0 Å². The van der Waals surface area contributed by atoms with E-state index in [1.807, 2.05) is 6.92 Å². The first kappa shape index (κ1) is 16.8. The largest absolute Gasteiger partial charge is 0.573 e. The number of aliphatic hydroxyl groups excluding tert-OH is 1. The maximum atomic E-state index is 12.0. The average Bonchev–Trinajstić information content (AvgIpc) is 2.36. The molecule has 3 nitrogen and oxygen atoms in total. The number of methoxy groups -OCH3 is 1. The molecule has 0 bridgehead atoms. The minimum absolute atomic E-state index is 0.0761. The van der Waals surface area contributed by atoms with E-state index in [1.165, 1.54) is 24.3 Å². The van der Waals surface area contributed by atoms with Gasteiger partial charge in [0.15, 0.2) is 0 Å². The molecule has 0 saturated carbocycles. The number of alkyl halides is 3. The molecular weight excluding hydrogens is 273 g/mol. The van der Waals surface area contributed by atoms with Gasteiger partial charge >= 0.3 is 6.36 Å². The molecule has 20 heavy (non-hydrogen) atoms. The topological polar surface area (TPSA) is 38.7 Å². The number of halogens is 3. The molecule has 1 N–H and O–H groups in total. The van der Waals surface area contributed by atoms with E-state index in [0.29, 0.717) is 12.8 Å². The summed E-state index contributed by atoms with van der Waals surface area (Å²) < 4.78 is 44.8. The van der Waals surface area contributed by atoms with Crippen molar-refractivity contribution in [2.24, 2.45) is 0 Å². The summed E-state index contributed by atoms with van der Waals surface area (Å²) in [6, 6.07) is 5.52. The van der Waals surface area contributed by atoms with Gasteiger partial charge in [-0.1, -0.05) is 12.1 Å². The van der Waals surface area contributed by atoms with Crippen molar-refractivity contribution < 1.29 is 27.8 Å². The van der Waals surface area contributed by atoms with E-state index >= 15 is 0 Å². The van der Waals surface area contributed by atoms with Crippen LogP contribution in [-0.4, -0.2) is 30.8 Å². The second-order valence-electron chi connectivity index (χ2n) is 4.67. The number of hydrogen-bond donors (Lipinski definition) is 1. The van der Waals surface area contributed by atoms with E-state index in [2.05, 4.69) is 4.74 Å². The first-order valence-electron chi connectivity index (χ1n) is 6.35. The molecule has 0 fully saturated rings. The standard InChI is InChI=1S/C14H19F3O3/c1-10(19-2)3-6-12(18)9-11-4-7-13(8-5-11)20-14(15,16)17/h4-5,7-8,10,12,18H,3,6,9H2,1-2H3. The second-order valence-corrected chi connectivity index (χ2v) is 4.67. The fourth-order valence-electron chi connectivity index (χ4n) is 1.75. The minimum Gasteiger partial charge on any atom is -0.406 e. The van der Waals surface area contributed by atoms with Gasteiger partial charge < -0.3 is 14.6 Å². The molecule has 0 aliphatic carbocycles. The Morgan fingerprint density at radius 3 is 2.25 bits per heavy atom. The molecule has 0 aromatic heterocycles. The maximum absolute atomic E-state index is 12.0. The first-order chi connectivity index (χ1) is 9.30. The SMILES string of the molecule is COC(C)CCC(O)Cc1ccc(OC(F)(F)F)cc1. The predicted molar refractivity (Wildman–Crippen MR) is 68.5 cm³/mol. The molecule has 114 valence electrons. The van der Waals surface area contributed by atoms with Gasteiger partial charge in [-0.3, -0.25) is 0 Å². The minimum atomic E-state index is -4.68. The van der Waals surface area contributed by atoms with Crippen LogP contribution in [0.15, 0.2) is 24.3 Å². The molecule has 0 spiro atoms. The van der Waals surface area contributed by atoms with E-state index in [-0.39, 0.29) is 11.9 Å². The summed E-state index contributed by atoms with van der Waals surface area (Å²) in [5, 5.41) is 9.84. The zero-order chi connectivity index (χ0) is 15.2. The quantitative estimate of drug-likeness (QED) is 0.838. The van der Waals surface area contributed by atoms with Gasteiger partial charge in [0.25, 0.3) is 0 Å². The zero-order valence-electron chi connectivity index (χ0n) is 11.5. The molecule has 0 saturated heterocycles. The zero-order valence-corrected chi connectivity index (χ0v) is 11.5. The molecule has 0 heterocycles. The molecular formula is C14H19F3O3. The highest BCUT2D eigenvalue weighted by atomic mass is 19.4. The molecule has 0 amide bonds. The Bertz CT molecular complexity index is 390. The Balaban J connectivity index is 2.44. The summed E-state index contributed by atoms with van der Waals surface area (Å²) in [6.07, 6.45) is -3.45. The predicted octanol–water partition coefficient (Wildman–Crippen LogP) is 3.30. The van der Waals surface area contributed by atoms with Gasteiger partial charge in [-0.05, 0) is 43.9 Å². The van der Waals surface area contributed by atoms with Gasteiger partial charge in [0.2, 0.25) is 0 Å². The van der Waals surface area contributed by atoms with Crippen molar-refractivity contribution in [2.75, 3.05) is 7.11 Å². The summed E-state index contributed by atoms with van der Waals surface area (Å²) in [5.74, 6) is -0.260. The van der Waals surface area contributed by atoms with Crippen LogP contribution in [-0.2, 0) is 11.2 Å². The summed E-state index contributed by atoms with van der Waals surface area (Å²) in [5.41, 5.74) is 0.761. The number of benzene rings is 1. The van der Waals surface area contributed by atoms with E-state index in [4.69, 9.17) is 4.74 Å². The van der Waals surface area contributed by atoms with Gasteiger partial charge in [0, 0.05) is 7.11 Å². The summed E-state index contributed by atoms with van der Waals surface area (Å²) in [7, 11) is 1.61. The van der Waals surface area contributed by atoms with Crippen molar-refractivity contribution in [3.05, 3.63) is 29.8 Å².